The molecule has 1 N–H and O–H groups in total. The van der Waals surface area contributed by atoms with Crippen LogP contribution >= 0.6 is 23.2 Å². The molecular formula is C39H51Cl2N3O6S. The largest absolute Gasteiger partial charge is 0.490 e. The molecule has 3 fully saturated rings. The molecule has 9 nitrogen and oxygen atoms in total. The van der Waals surface area contributed by atoms with E-state index >= 15 is 0 Å². The van der Waals surface area contributed by atoms with Gasteiger partial charge in [-0.15, -0.1) is 11.6 Å². The summed E-state index contributed by atoms with van der Waals surface area (Å²) in [5, 5.41) is 0.227. The fraction of sp³-hybridized carbons (Fsp3) is 0.667. The number of fused-ring (bicyclic) bond motifs is 4. The van der Waals surface area contributed by atoms with Crippen LogP contribution in [0.2, 0.25) is 5.02 Å². The van der Waals surface area contributed by atoms with Crippen LogP contribution in [-0.4, -0.2) is 88.2 Å². The zero-order valence-electron chi connectivity index (χ0n) is 29.7. The first-order valence-electron chi connectivity index (χ1n) is 19.0. The second-order valence-corrected chi connectivity index (χ2v) is 19.4. The van der Waals surface area contributed by atoms with E-state index in [1.807, 2.05) is 25.1 Å². The van der Waals surface area contributed by atoms with E-state index < -0.39 is 21.2 Å². The van der Waals surface area contributed by atoms with Crippen LogP contribution in [0.25, 0.3) is 0 Å². The van der Waals surface area contributed by atoms with Crippen molar-refractivity contribution >= 4 is 44.8 Å². The van der Waals surface area contributed by atoms with E-state index in [2.05, 4.69) is 26.7 Å². The molecule has 12 heteroatoms. The summed E-state index contributed by atoms with van der Waals surface area (Å²) in [7, 11) is -3.91. The summed E-state index contributed by atoms with van der Waals surface area (Å²) < 4.78 is 49.3. The molecule has 51 heavy (non-hydrogen) atoms. The van der Waals surface area contributed by atoms with Gasteiger partial charge in [0.25, 0.3) is 5.91 Å². The molecule has 2 bridgehead atoms. The third kappa shape index (κ3) is 7.03. The van der Waals surface area contributed by atoms with E-state index in [0.29, 0.717) is 37.2 Å². The van der Waals surface area contributed by atoms with Crippen molar-refractivity contribution in [3.63, 3.8) is 0 Å². The van der Waals surface area contributed by atoms with Crippen LogP contribution in [0, 0.1) is 23.7 Å². The van der Waals surface area contributed by atoms with Gasteiger partial charge >= 0.3 is 0 Å². The number of hydrogen-bond acceptors (Lipinski definition) is 8. The average Bonchev–Trinajstić information content (AvgIpc) is 3.24. The van der Waals surface area contributed by atoms with Gasteiger partial charge in [0, 0.05) is 48.1 Å². The zero-order chi connectivity index (χ0) is 35.5. The second-order valence-electron chi connectivity index (χ2n) is 16.3. The standard InChI is InChI=1S/C39H51Cl2N3O6S/c1-24-5-3-7-33(38-48-20-31(21-49-38)43-18-30(41)19-43)32-11-8-28(32)17-44-22-39(14-4-6-26-15-29(40)10-12-34(26)39)23-50-36-13-9-27(16-35(36)44)37(45)42-51(46,47)25(24)2/h9-10,12-13,15-16,24-25,28,30-33,38H,3-8,11,14,17-23H2,1-2H3,(H,42,45)/t24-,25+,28-,31?,32+,33+,38?,39-/m0/s1. The van der Waals surface area contributed by atoms with Gasteiger partial charge in [-0.2, -0.15) is 0 Å². The number of benzene rings is 2. The van der Waals surface area contributed by atoms with Gasteiger partial charge in [-0.3, -0.25) is 9.69 Å². The second kappa shape index (κ2) is 14.3. The Kier molecular flexibility index (Phi) is 10.1. The molecule has 2 aromatic rings. The van der Waals surface area contributed by atoms with E-state index in [4.69, 9.17) is 37.4 Å². The number of amides is 1. The highest BCUT2D eigenvalue weighted by Gasteiger charge is 2.47. The first-order valence-corrected chi connectivity index (χ1v) is 21.3. The minimum Gasteiger partial charge on any atom is -0.490 e. The van der Waals surface area contributed by atoms with Crippen LogP contribution in [-0.2, 0) is 31.3 Å². The van der Waals surface area contributed by atoms with Crippen molar-refractivity contribution in [2.45, 2.75) is 93.6 Å². The quantitative estimate of drug-likeness (QED) is 0.352. The van der Waals surface area contributed by atoms with Crippen molar-refractivity contribution in [3.8, 4) is 5.75 Å². The summed E-state index contributed by atoms with van der Waals surface area (Å²) in [5.41, 5.74) is 3.47. The van der Waals surface area contributed by atoms with Crippen molar-refractivity contribution in [2.75, 3.05) is 50.9 Å². The van der Waals surface area contributed by atoms with E-state index in [-0.39, 0.29) is 35.0 Å². The number of nitrogens with zero attached hydrogens (tertiary/aromatic N) is 2. The lowest BCUT2D eigenvalue weighted by Gasteiger charge is -2.50. The molecule has 2 aromatic carbocycles. The van der Waals surface area contributed by atoms with Crippen molar-refractivity contribution < 1.29 is 27.4 Å². The molecule has 1 amide bonds. The molecule has 4 heterocycles. The Morgan fingerprint density at radius 2 is 1.75 bits per heavy atom. The van der Waals surface area contributed by atoms with Crippen LogP contribution in [0.4, 0.5) is 5.69 Å². The molecule has 1 spiro atoms. The lowest BCUT2D eigenvalue weighted by Crippen LogP contribution is -2.59. The Labute approximate surface area is 312 Å². The van der Waals surface area contributed by atoms with Crippen LogP contribution in [0.5, 0.6) is 5.75 Å². The van der Waals surface area contributed by atoms with Gasteiger partial charge in [-0.1, -0.05) is 31.0 Å². The summed E-state index contributed by atoms with van der Waals surface area (Å²) >= 11 is 12.8. The van der Waals surface area contributed by atoms with Gasteiger partial charge in [0.15, 0.2) is 6.29 Å². The van der Waals surface area contributed by atoms with Gasteiger partial charge in [0.2, 0.25) is 10.0 Å². The molecular weight excluding hydrogens is 709 g/mol. The maximum atomic E-state index is 13.6. The molecule has 278 valence electrons. The van der Waals surface area contributed by atoms with Crippen molar-refractivity contribution in [3.05, 3.63) is 58.1 Å². The number of ether oxygens (including phenoxy) is 3. The normalized spacial score (nSPS) is 36.0. The number of carbonyl (C=O) groups is 1. The van der Waals surface area contributed by atoms with E-state index in [0.717, 1.165) is 94.0 Å². The SMILES string of the molecule is C[C@@H]1[C@@H](C)CCC[C@@H](C2OCC(N3CC(Cl)C3)CO2)[C@@H]2CC[C@H]2CN2C[C@@]3(CCCc4cc(Cl)ccc43)COc3ccc(cc32)C(=O)NS1(=O)=O. The van der Waals surface area contributed by atoms with E-state index in [9.17, 15) is 13.2 Å². The first-order chi connectivity index (χ1) is 24.5. The van der Waals surface area contributed by atoms with Gasteiger partial charge < -0.3 is 19.1 Å². The monoisotopic (exact) mass is 759 g/mol. The Morgan fingerprint density at radius 1 is 0.941 bits per heavy atom. The van der Waals surface area contributed by atoms with Crippen LogP contribution < -0.4 is 14.4 Å². The molecule has 2 aliphatic carbocycles. The lowest BCUT2D eigenvalue weighted by atomic mass is 9.64. The molecule has 0 unspecified atom stereocenters. The third-order valence-corrected chi connectivity index (χ3v) is 15.6. The Bertz CT molecular complexity index is 1730. The number of alkyl halides is 1. The van der Waals surface area contributed by atoms with Crippen molar-refractivity contribution in [1.29, 1.82) is 0 Å². The number of halogens is 2. The fourth-order valence-electron chi connectivity index (χ4n) is 9.69. The minimum absolute atomic E-state index is 0.131. The Balaban J connectivity index is 1.13. The summed E-state index contributed by atoms with van der Waals surface area (Å²) in [6.07, 6.45) is 7.43. The number of likely N-dealkylation sites (tertiary alicyclic amines) is 1. The number of aryl methyl sites for hydroxylation is 1. The summed E-state index contributed by atoms with van der Waals surface area (Å²) in [6, 6.07) is 11.9. The first kappa shape index (κ1) is 35.9. The highest BCUT2D eigenvalue weighted by atomic mass is 35.5. The predicted molar refractivity (Wildman–Crippen MR) is 199 cm³/mol. The zero-order valence-corrected chi connectivity index (χ0v) is 32.0. The molecule has 8 rings (SSSR count). The summed E-state index contributed by atoms with van der Waals surface area (Å²) in [6.45, 7) is 8.76. The number of nitrogens with one attached hydrogen (secondary N) is 1. The maximum absolute atomic E-state index is 13.6. The predicted octanol–water partition coefficient (Wildman–Crippen LogP) is 6.39. The van der Waals surface area contributed by atoms with Crippen LogP contribution in [0.3, 0.4) is 0 Å². The van der Waals surface area contributed by atoms with E-state index in [1.54, 1.807) is 13.0 Å². The van der Waals surface area contributed by atoms with Crippen molar-refractivity contribution in [1.82, 2.24) is 9.62 Å². The molecule has 0 aromatic heterocycles. The van der Waals surface area contributed by atoms with Crippen LogP contribution in [0.1, 0.15) is 80.3 Å². The van der Waals surface area contributed by atoms with E-state index in [1.165, 1.54) is 11.1 Å². The van der Waals surface area contributed by atoms with Gasteiger partial charge in [0.1, 0.15) is 5.75 Å². The molecule has 0 radical (unpaired) electrons. The minimum atomic E-state index is -3.91. The number of carbonyl (C=O) groups excluding carboxylic acids is 1. The molecule has 6 aliphatic rings. The lowest BCUT2D eigenvalue weighted by molar-refractivity contribution is -0.246. The summed E-state index contributed by atoms with van der Waals surface area (Å²) in [5.74, 6) is 0.998. The van der Waals surface area contributed by atoms with Crippen LogP contribution in [0.15, 0.2) is 36.4 Å². The van der Waals surface area contributed by atoms with Gasteiger partial charge in [-0.25, -0.2) is 13.1 Å². The van der Waals surface area contributed by atoms with Crippen molar-refractivity contribution in [2.24, 2.45) is 23.7 Å². The molecule has 6 atom stereocenters. The smallest absolute Gasteiger partial charge is 0.264 e. The number of rotatable bonds is 2. The maximum Gasteiger partial charge on any atom is 0.264 e. The Morgan fingerprint density at radius 3 is 2.49 bits per heavy atom. The molecule has 4 aliphatic heterocycles. The van der Waals surface area contributed by atoms with Gasteiger partial charge in [-0.05, 0) is 111 Å². The summed E-state index contributed by atoms with van der Waals surface area (Å²) in [4.78, 5) is 18.4. The number of hydrogen-bond donors (Lipinski definition) is 1. The highest BCUT2D eigenvalue weighted by Crippen LogP contribution is 2.49. The number of sulfonamides is 1. The topological polar surface area (TPSA) is 97.4 Å². The Hall–Kier alpha value is -2.08. The third-order valence-electron chi connectivity index (χ3n) is 13.1. The highest BCUT2D eigenvalue weighted by molar-refractivity contribution is 7.90. The van der Waals surface area contributed by atoms with Gasteiger partial charge in [0.05, 0.1) is 42.2 Å². The molecule has 1 saturated carbocycles. The average molecular weight is 761 g/mol. The number of anilines is 1. The molecule has 2 saturated heterocycles. The fourth-order valence-corrected chi connectivity index (χ4v) is 11.6.